The maximum absolute atomic E-state index is 13.1. The van der Waals surface area contributed by atoms with Crippen LogP contribution in [0.5, 0.6) is 0 Å². The van der Waals surface area contributed by atoms with Gasteiger partial charge < -0.3 is 15.0 Å². The minimum absolute atomic E-state index is 0.0728. The second-order valence-electron chi connectivity index (χ2n) is 7.63. The number of halogens is 1. The van der Waals surface area contributed by atoms with Crippen LogP contribution in [0.15, 0.2) is 60.7 Å². The maximum Gasteiger partial charge on any atom is 0.337 e. The molecule has 0 saturated carbocycles. The Morgan fingerprint density at radius 1 is 1.03 bits per heavy atom. The van der Waals surface area contributed by atoms with Gasteiger partial charge in [0.2, 0.25) is 5.91 Å². The topological polar surface area (TPSA) is 84.4 Å². The van der Waals surface area contributed by atoms with Crippen LogP contribution in [0.2, 0.25) is 0 Å². The van der Waals surface area contributed by atoms with E-state index in [0.717, 1.165) is 24.9 Å². The van der Waals surface area contributed by atoms with Crippen molar-refractivity contribution in [2.45, 2.75) is 12.8 Å². The monoisotopic (exact) mass is 434 g/mol. The van der Waals surface area contributed by atoms with Crippen molar-refractivity contribution in [1.82, 2.24) is 10.2 Å². The van der Waals surface area contributed by atoms with Crippen molar-refractivity contribution < 1.29 is 18.7 Å². The highest BCUT2D eigenvalue weighted by Gasteiger charge is 2.27. The van der Waals surface area contributed by atoms with Crippen molar-refractivity contribution in [3.8, 4) is 11.3 Å². The average molecular weight is 434 g/mol. The fourth-order valence-electron chi connectivity index (χ4n) is 3.72. The van der Waals surface area contributed by atoms with Crippen LogP contribution in [0, 0.1) is 11.7 Å². The Morgan fingerprint density at radius 2 is 1.78 bits per heavy atom. The van der Waals surface area contributed by atoms with Crippen molar-refractivity contribution in [3.63, 3.8) is 0 Å². The molecule has 1 amide bonds. The number of anilines is 2. The van der Waals surface area contributed by atoms with E-state index >= 15 is 0 Å². The Kier molecular flexibility index (Phi) is 6.39. The van der Waals surface area contributed by atoms with Crippen molar-refractivity contribution in [1.29, 1.82) is 0 Å². The molecule has 2 heterocycles. The summed E-state index contributed by atoms with van der Waals surface area (Å²) < 4.78 is 17.8. The summed E-state index contributed by atoms with van der Waals surface area (Å²) in [6.07, 6.45) is 1.64. The first-order valence-corrected chi connectivity index (χ1v) is 10.4. The minimum Gasteiger partial charge on any atom is -0.465 e. The first kappa shape index (κ1) is 21.4. The number of methoxy groups -OCH3 is 1. The standard InChI is InChI=1S/C24H23FN4O3/c1-32-24(31)17-6-10-20(11-7-17)26-23(30)18-3-2-14-29(15-18)22-13-12-21(27-28-22)16-4-8-19(25)9-5-16/h4-13,18H,2-3,14-15H2,1H3,(H,26,30)/t18-/m1/s1. The summed E-state index contributed by atoms with van der Waals surface area (Å²) in [7, 11) is 1.33. The number of ether oxygens (including phenoxy) is 1. The zero-order valence-corrected chi connectivity index (χ0v) is 17.6. The number of nitrogens with zero attached hydrogens (tertiary/aromatic N) is 3. The Labute approximate surface area is 185 Å². The van der Waals surface area contributed by atoms with E-state index in [1.165, 1.54) is 19.2 Å². The highest BCUT2D eigenvalue weighted by Crippen LogP contribution is 2.24. The predicted molar refractivity (Wildman–Crippen MR) is 119 cm³/mol. The highest BCUT2D eigenvalue weighted by molar-refractivity contribution is 5.94. The lowest BCUT2D eigenvalue weighted by Gasteiger charge is -2.32. The maximum atomic E-state index is 13.1. The molecule has 1 N–H and O–H groups in total. The number of carbonyl (C=O) groups is 2. The normalized spacial score (nSPS) is 15.8. The summed E-state index contributed by atoms with van der Waals surface area (Å²) in [5.41, 5.74) is 2.51. The molecule has 1 aliphatic rings. The van der Waals surface area contributed by atoms with Crippen molar-refractivity contribution in [2.24, 2.45) is 5.92 Å². The van der Waals surface area contributed by atoms with Crippen LogP contribution in [0.4, 0.5) is 15.9 Å². The highest BCUT2D eigenvalue weighted by atomic mass is 19.1. The largest absolute Gasteiger partial charge is 0.465 e. The molecular weight excluding hydrogens is 411 g/mol. The van der Waals surface area contributed by atoms with Gasteiger partial charge in [-0.3, -0.25) is 4.79 Å². The molecule has 0 radical (unpaired) electrons. The molecule has 32 heavy (non-hydrogen) atoms. The number of hydrogen-bond acceptors (Lipinski definition) is 6. The minimum atomic E-state index is -0.419. The molecule has 3 aromatic rings. The third-order valence-corrected chi connectivity index (χ3v) is 5.48. The van der Waals surface area contributed by atoms with Crippen LogP contribution < -0.4 is 10.2 Å². The second-order valence-corrected chi connectivity index (χ2v) is 7.63. The molecule has 2 aromatic carbocycles. The molecule has 164 valence electrons. The van der Waals surface area contributed by atoms with Gasteiger partial charge in [-0.1, -0.05) is 0 Å². The lowest BCUT2D eigenvalue weighted by Crippen LogP contribution is -2.41. The molecule has 1 saturated heterocycles. The zero-order chi connectivity index (χ0) is 22.5. The fourth-order valence-corrected chi connectivity index (χ4v) is 3.72. The van der Waals surface area contributed by atoms with E-state index < -0.39 is 5.97 Å². The number of amides is 1. The molecule has 8 heteroatoms. The molecule has 0 unspecified atom stereocenters. The van der Waals surface area contributed by atoms with E-state index in [4.69, 9.17) is 0 Å². The summed E-state index contributed by atoms with van der Waals surface area (Å²) >= 11 is 0. The summed E-state index contributed by atoms with van der Waals surface area (Å²) in [4.78, 5) is 26.4. The molecule has 1 aliphatic heterocycles. The third-order valence-electron chi connectivity index (χ3n) is 5.48. The summed E-state index contributed by atoms with van der Waals surface area (Å²) in [5.74, 6) is -0.275. The Bertz CT molecular complexity index is 1090. The second kappa shape index (κ2) is 9.55. The number of benzene rings is 2. The molecule has 7 nitrogen and oxygen atoms in total. The smallest absolute Gasteiger partial charge is 0.337 e. The van der Waals surface area contributed by atoms with Crippen LogP contribution in [0.25, 0.3) is 11.3 Å². The quantitative estimate of drug-likeness (QED) is 0.613. The fraction of sp³-hybridized carbons (Fsp3) is 0.250. The van der Waals surface area contributed by atoms with Gasteiger partial charge in [0.05, 0.1) is 24.3 Å². The third kappa shape index (κ3) is 4.91. The number of carbonyl (C=O) groups excluding carboxylic acids is 2. The average Bonchev–Trinajstić information content (AvgIpc) is 2.84. The first-order chi connectivity index (χ1) is 15.5. The molecule has 0 bridgehead atoms. The lowest BCUT2D eigenvalue weighted by molar-refractivity contribution is -0.120. The molecular formula is C24H23FN4O3. The van der Waals surface area contributed by atoms with E-state index in [-0.39, 0.29) is 17.6 Å². The SMILES string of the molecule is COC(=O)c1ccc(NC(=O)[C@@H]2CCCN(c3ccc(-c4ccc(F)cc4)nn3)C2)cc1. The molecule has 0 spiro atoms. The van der Waals surface area contributed by atoms with Gasteiger partial charge in [-0.15, -0.1) is 10.2 Å². The van der Waals surface area contributed by atoms with E-state index in [1.807, 2.05) is 12.1 Å². The Hall–Kier alpha value is -3.81. The number of aromatic nitrogens is 2. The molecule has 1 fully saturated rings. The van der Waals surface area contributed by atoms with Crippen molar-refractivity contribution in [3.05, 3.63) is 72.0 Å². The van der Waals surface area contributed by atoms with Gasteiger partial charge >= 0.3 is 5.97 Å². The summed E-state index contributed by atoms with van der Waals surface area (Å²) in [6.45, 7) is 1.33. The van der Waals surface area contributed by atoms with Gasteiger partial charge in [-0.05, 0) is 73.5 Å². The van der Waals surface area contributed by atoms with Crippen molar-refractivity contribution in [2.75, 3.05) is 30.4 Å². The van der Waals surface area contributed by atoms with Crippen LogP contribution in [0.1, 0.15) is 23.2 Å². The molecule has 0 aliphatic carbocycles. The van der Waals surface area contributed by atoms with Gasteiger partial charge in [0.15, 0.2) is 5.82 Å². The van der Waals surface area contributed by atoms with Crippen LogP contribution in [-0.2, 0) is 9.53 Å². The van der Waals surface area contributed by atoms with Gasteiger partial charge in [-0.25, -0.2) is 9.18 Å². The molecule has 4 rings (SSSR count). The number of esters is 1. The van der Waals surface area contributed by atoms with Gasteiger partial charge in [0.1, 0.15) is 5.82 Å². The van der Waals surface area contributed by atoms with Crippen LogP contribution in [-0.4, -0.2) is 42.3 Å². The Balaban J connectivity index is 1.39. The zero-order valence-electron chi connectivity index (χ0n) is 17.6. The predicted octanol–water partition coefficient (Wildman–Crippen LogP) is 3.92. The number of nitrogens with one attached hydrogen (secondary N) is 1. The van der Waals surface area contributed by atoms with Gasteiger partial charge in [-0.2, -0.15) is 0 Å². The van der Waals surface area contributed by atoms with E-state index in [2.05, 4.69) is 25.2 Å². The summed E-state index contributed by atoms with van der Waals surface area (Å²) in [6, 6.07) is 16.4. The van der Waals surface area contributed by atoms with Gasteiger partial charge in [0.25, 0.3) is 0 Å². The summed E-state index contributed by atoms with van der Waals surface area (Å²) in [5, 5.41) is 11.5. The Morgan fingerprint density at radius 3 is 2.44 bits per heavy atom. The van der Waals surface area contributed by atoms with Crippen molar-refractivity contribution >= 4 is 23.4 Å². The van der Waals surface area contributed by atoms with Crippen LogP contribution in [0.3, 0.4) is 0 Å². The molecule has 1 atom stereocenters. The number of rotatable bonds is 5. The van der Waals surface area contributed by atoms with E-state index in [9.17, 15) is 14.0 Å². The lowest BCUT2D eigenvalue weighted by atomic mass is 9.97. The molecule has 1 aromatic heterocycles. The van der Waals surface area contributed by atoms with E-state index in [0.29, 0.717) is 29.3 Å². The first-order valence-electron chi connectivity index (χ1n) is 10.4. The number of piperidine rings is 1. The van der Waals surface area contributed by atoms with E-state index in [1.54, 1.807) is 36.4 Å². The van der Waals surface area contributed by atoms with Crippen LogP contribution >= 0.6 is 0 Å². The van der Waals surface area contributed by atoms with Gasteiger partial charge in [0, 0.05) is 24.3 Å². The number of hydrogen-bond donors (Lipinski definition) is 1.